The lowest BCUT2D eigenvalue weighted by Gasteiger charge is -2.26. The van der Waals surface area contributed by atoms with E-state index >= 15 is 0 Å². The number of alkyl halides is 1. The van der Waals surface area contributed by atoms with Crippen LogP contribution in [0.15, 0.2) is 60.7 Å². The van der Waals surface area contributed by atoms with Gasteiger partial charge in [0.15, 0.2) is 0 Å². The molecule has 0 aromatic heterocycles. The smallest absolute Gasteiger partial charge is 0.281 e. The zero-order valence-electron chi connectivity index (χ0n) is 18.4. The Morgan fingerprint density at radius 1 is 0.848 bits per heavy atom. The van der Waals surface area contributed by atoms with Crippen LogP contribution in [0.1, 0.15) is 36.1 Å². The normalized spacial score (nSPS) is 11.2. The summed E-state index contributed by atoms with van der Waals surface area (Å²) in [5, 5.41) is 22.7. The highest BCUT2D eigenvalue weighted by Crippen LogP contribution is 2.34. The van der Waals surface area contributed by atoms with Crippen molar-refractivity contribution in [3.63, 3.8) is 0 Å². The first-order chi connectivity index (χ1) is 15.7. The summed E-state index contributed by atoms with van der Waals surface area (Å²) in [6.45, 7) is 4.16. The summed E-state index contributed by atoms with van der Waals surface area (Å²) in [6.07, 6.45) is 0. The van der Waals surface area contributed by atoms with Crippen LogP contribution in [-0.4, -0.2) is 17.0 Å². The Bertz CT molecular complexity index is 1130. The van der Waals surface area contributed by atoms with Crippen molar-refractivity contribution in [3.8, 4) is 11.5 Å². The Morgan fingerprint density at radius 2 is 1.30 bits per heavy atom. The molecule has 33 heavy (non-hydrogen) atoms. The summed E-state index contributed by atoms with van der Waals surface area (Å²) in [5.74, 6) is 0.994. The molecule has 8 nitrogen and oxygen atoms in total. The van der Waals surface area contributed by atoms with Crippen molar-refractivity contribution >= 4 is 23.0 Å². The fourth-order valence-corrected chi connectivity index (χ4v) is 3.83. The molecule has 3 rings (SSSR count). The molecule has 9 heteroatoms. The van der Waals surface area contributed by atoms with E-state index in [2.05, 4.69) is 13.8 Å². The van der Waals surface area contributed by atoms with Gasteiger partial charge in [-0.3, -0.25) is 20.2 Å². The van der Waals surface area contributed by atoms with Crippen molar-refractivity contribution in [2.45, 2.75) is 31.7 Å². The van der Waals surface area contributed by atoms with E-state index < -0.39 is 21.2 Å². The molecule has 0 unspecified atom stereocenters. The predicted molar refractivity (Wildman–Crippen MR) is 125 cm³/mol. The maximum atomic E-state index is 11.3. The number of benzene rings is 3. The van der Waals surface area contributed by atoms with E-state index in [1.807, 2.05) is 36.4 Å². The molecule has 0 saturated heterocycles. The summed E-state index contributed by atoms with van der Waals surface area (Å²) < 4.78 is 11.0. The average Bonchev–Trinajstić information content (AvgIpc) is 2.82. The Morgan fingerprint density at radius 3 is 1.70 bits per heavy atom. The number of nitro benzene ring substituents is 2. The maximum absolute atomic E-state index is 11.3. The van der Waals surface area contributed by atoms with Gasteiger partial charge in [-0.1, -0.05) is 38.1 Å². The molecule has 0 saturated carbocycles. The van der Waals surface area contributed by atoms with Crippen molar-refractivity contribution in [2.24, 2.45) is 0 Å². The van der Waals surface area contributed by atoms with Crippen molar-refractivity contribution in [2.75, 3.05) is 7.11 Å². The summed E-state index contributed by atoms with van der Waals surface area (Å²) in [6, 6.07) is 17.9. The van der Waals surface area contributed by atoms with Gasteiger partial charge in [-0.2, -0.15) is 0 Å². The van der Waals surface area contributed by atoms with Gasteiger partial charge < -0.3 is 9.47 Å². The van der Waals surface area contributed by atoms with Crippen LogP contribution in [0.3, 0.4) is 0 Å². The molecule has 0 atom stereocenters. The highest BCUT2D eigenvalue weighted by molar-refractivity contribution is 6.17. The van der Waals surface area contributed by atoms with Gasteiger partial charge in [0.1, 0.15) is 23.7 Å². The molecule has 0 amide bonds. The summed E-state index contributed by atoms with van der Waals surface area (Å²) in [4.78, 5) is 21.3. The van der Waals surface area contributed by atoms with Crippen molar-refractivity contribution < 1.29 is 19.3 Å². The van der Waals surface area contributed by atoms with Crippen LogP contribution in [0.4, 0.5) is 11.4 Å². The molecule has 0 bridgehead atoms. The minimum absolute atomic E-state index is 0.0640. The third-order valence-corrected chi connectivity index (χ3v) is 5.85. The van der Waals surface area contributed by atoms with Gasteiger partial charge in [0.25, 0.3) is 11.4 Å². The molecule has 0 N–H and O–H groups in total. The van der Waals surface area contributed by atoms with Gasteiger partial charge in [0.2, 0.25) is 0 Å². The van der Waals surface area contributed by atoms with Gasteiger partial charge in [0, 0.05) is 23.1 Å². The topological polar surface area (TPSA) is 105 Å². The van der Waals surface area contributed by atoms with Crippen LogP contribution in [-0.2, 0) is 17.9 Å². The van der Waals surface area contributed by atoms with E-state index in [1.54, 1.807) is 19.2 Å². The summed E-state index contributed by atoms with van der Waals surface area (Å²) in [5.41, 5.74) is 1.33. The molecule has 0 radical (unpaired) electrons. The molecular formula is C24H23ClN2O6. The number of rotatable bonds is 9. The van der Waals surface area contributed by atoms with Crippen molar-refractivity contribution in [1.82, 2.24) is 0 Å². The highest BCUT2D eigenvalue weighted by atomic mass is 35.5. The Labute approximate surface area is 196 Å². The molecular weight excluding hydrogens is 448 g/mol. The maximum Gasteiger partial charge on any atom is 0.281 e. The lowest BCUT2D eigenvalue weighted by molar-refractivity contribution is -0.395. The fourth-order valence-electron chi connectivity index (χ4n) is 3.55. The van der Waals surface area contributed by atoms with E-state index in [-0.39, 0.29) is 23.5 Å². The summed E-state index contributed by atoms with van der Waals surface area (Å²) in [7, 11) is 1.63. The van der Waals surface area contributed by atoms with E-state index in [0.717, 1.165) is 16.9 Å². The predicted octanol–water partition coefficient (Wildman–Crippen LogP) is 6.16. The number of ether oxygens (including phenoxy) is 2. The number of nitrogens with zero attached hydrogens (tertiary/aromatic N) is 2. The number of halogens is 1. The van der Waals surface area contributed by atoms with Crippen LogP contribution >= 0.6 is 11.6 Å². The Balaban J connectivity index is 1.79. The van der Waals surface area contributed by atoms with Crippen LogP contribution in [0.25, 0.3) is 0 Å². The number of methoxy groups -OCH3 is 1. The SMILES string of the molecule is COc1ccc(C(C)(C)c2ccc(OCc3cc([N+](=O)[O-])c(CCl)c([N+](=O)[O-])c3)cc2)cc1. The van der Waals surface area contributed by atoms with Gasteiger partial charge in [-0.25, -0.2) is 0 Å². The first-order valence-corrected chi connectivity index (χ1v) is 10.6. The fraction of sp³-hybridized carbons (Fsp3) is 0.250. The zero-order chi connectivity index (χ0) is 24.2. The van der Waals surface area contributed by atoms with E-state index in [9.17, 15) is 20.2 Å². The van der Waals surface area contributed by atoms with E-state index in [0.29, 0.717) is 11.3 Å². The largest absolute Gasteiger partial charge is 0.497 e. The Hall–Kier alpha value is -3.65. The van der Waals surface area contributed by atoms with E-state index in [1.165, 1.54) is 12.1 Å². The van der Waals surface area contributed by atoms with Crippen molar-refractivity contribution in [3.05, 3.63) is 103 Å². The molecule has 0 aliphatic rings. The van der Waals surface area contributed by atoms with Crippen LogP contribution in [0, 0.1) is 20.2 Å². The van der Waals surface area contributed by atoms with E-state index in [4.69, 9.17) is 21.1 Å². The van der Waals surface area contributed by atoms with Gasteiger partial charge in [-0.15, -0.1) is 11.6 Å². The first kappa shape index (κ1) is 24.0. The second-order valence-electron chi connectivity index (χ2n) is 7.93. The third-order valence-electron chi connectivity index (χ3n) is 5.58. The average molecular weight is 471 g/mol. The van der Waals surface area contributed by atoms with Gasteiger partial charge in [0.05, 0.1) is 22.8 Å². The number of hydrogen-bond donors (Lipinski definition) is 0. The molecule has 3 aromatic rings. The summed E-state index contributed by atoms with van der Waals surface area (Å²) >= 11 is 5.72. The molecule has 0 aliphatic carbocycles. The first-order valence-electron chi connectivity index (χ1n) is 10.1. The molecule has 0 aliphatic heterocycles. The quantitative estimate of drug-likeness (QED) is 0.211. The van der Waals surface area contributed by atoms with Crippen LogP contribution < -0.4 is 9.47 Å². The Kier molecular flexibility index (Phi) is 7.18. The van der Waals surface area contributed by atoms with Crippen molar-refractivity contribution in [1.29, 1.82) is 0 Å². The van der Waals surface area contributed by atoms with Crippen LogP contribution in [0.2, 0.25) is 0 Å². The number of hydrogen-bond acceptors (Lipinski definition) is 6. The lowest BCUT2D eigenvalue weighted by Crippen LogP contribution is -2.18. The molecule has 3 aromatic carbocycles. The number of nitro groups is 2. The third kappa shape index (κ3) is 5.23. The molecule has 0 fully saturated rings. The lowest BCUT2D eigenvalue weighted by atomic mass is 9.78. The second kappa shape index (κ2) is 9.87. The molecule has 0 heterocycles. The van der Waals surface area contributed by atoms with Gasteiger partial charge >= 0.3 is 0 Å². The monoisotopic (exact) mass is 470 g/mol. The highest BCUT2D eigenvalue weighted by Gasteiger charge is 2.26. The minimum atomic E-state index is -0.676. The zero-order valence-corrected chi connectivity index (χ0v) is 19.2. The van der Waals surface area contributed by atoms with Gasteiger partial charge in [-0.05, 0) is 35.4 Å². The molecule has 172 valence electrons. The standard InChI is InChI=1S/C24H23ClN2O6/c1-24(2,17-4-8-19(32-3)9-5-17)18-6-10-20(11-7-18)33-15-16-12-22(26(28)29)21(14-25)23(13-16)27(30)31/h4-13H,14-15H2,1-3H3. The molecule has 0 spiro atoms. The van der Waals surface area contributed by atoms with Crippen LogP contribution in [0.5, 0.6) is 11.5 Å². The second-order valence-corrected chi connectivity index (χ2v) is 8.19. The minimum Gasteiger partial charge on any atom is -0.497 e.